The number of pyridine rings is 1. The molecule has 3 N–H and O–H groups in total. The van der Waals surface area contributed by atoms with Crippen molar-refractivity contribution in [1.82, 2.24) is 4.98 Å². The fourth-order valence-corrected chi connectivity index (χ4v) is 1.15. The van der Waals surface area contributed by atoms with Crippen LogP contribution in [0.15, 0.2) is 6.07 Å². The minimum Gasteiger partial charge on any atom is -0.506 e. The molecular weight excluding hydrogens is 222 g/mol. The van der Waals surface area contributed by atoms with Crippen molar-refractivity contribution in [2.24, 2.45) is 0 Å². The van der Waals surface area contributed by atoms with E-state index in [4.69, 9.17) is 5.73 Å². The van der Waals surface area contributed by atoms with Gasteiger partial charge in [0.2, 0.25) is 0 Å². The number of rotatable bonds is 3. The molecule has 0 amide bonds. The van der Waals surface area contributed by atoms with Crippen molar-refractivity contribution in [3.05, 3.63) is 17.3 Å². The molecule has 0 atom stereocenters. The van der Waals surface area contributed by atoms with Gasteiger partial charge in [0, 0.05) is 5.56 Å². The van der Waals surface area contributed by atoms with E-state index >= 15 is 0 Å². The smallest absolute Gasteiger partial charge is 0.310 e. The first-order valence-electron chi connectivity index (χ1n) is 4.29. The van der Waals surface area contributed by atoms with Gasteiger partial charge >= 0.3 is 5.97 Å². The Morgan fingerprint density at radius 1 is 1.69 bits per heavy atom. The standard InChI is InChI=1S/C9H10F2N2O3/c1-16-6(14)3-4-2-5(12)13-7(8(4)15)9(10)11/h2,9,15H,3H2,1H3,(H2,12,13). The van der Waals surface area contributed by atoms with Crippen LogP contribution in [0.25, 0.3) is 0 Å². The number of esters is 1. The van der Waals surface area contributed by atoms with Crippen molar-refractivity contribution in [3.8, 4) is 5.75 Å². The van der Waals surface area contributed by atoms with Crippen molar-refractivity contribution in [1.29, 1.82) is 0 Å². The average molecular weight is 232 g/mol. The molecule has 0 spiro atoms. The number of methoxy groups -OCH3 is 1. The molecule has 0 aliphatic heterocycles. The summed E-state index contributed by atoms with van der Waals surface area (Å²) in [5.74, 6) is -1.58. The van der Waals surface area contributed by atoms with Crippen LogP contribution in [0.5, 0.6) is 5.75 Å². The van der Waals surface area contributed by atoms with Gasteiger partial charge in [0.25, 0.3) is 6.43 Å². The third-order valence-corrected chi connectivity index (χ3v) is 1.89. The Bertz CT molecular complexity index is 410. The third-order valence-electron chi connectivity index (χ3n) is 1.89. The number of anilines is 1. The van der Waals surface area contributed by atoms with E-state index in [-0.39, 0.29) is 17.8 Å². The molecule has 0 saturated heterocycles. The molecule has 5 nitrogen and oxygen atoms in total. The molecule has 0 aliphatic carbocycles. The Balaban J connectivity index is 3.14. The zero-order valence-corrected chi connectivity index (χ0v) is 8.41. The first kappa shape index (κ1) is 12.2. The lowest BCUT2D eigenvalue weighted by Crippen LogP contribution is -2.07. The van der Waals surface area contributed by atoms with E-state index in [9.17, 15) is 18.7 Å². The van der Waals surface area contributed by atoms with Gasteiger partial charge in [-0.1, -0.05) is 0 Å². The van der Waals surface area contributed by atoms with Gasteiger partial charge in [0.1, 0.15) is 11.6 Å². The first-order valence-corrected chi connectivity index (χ1v) is 4.29. The second kappa shape index (κ2) is 4.73. The molecule has 1 aromatic rings. The van der Waals surface area contributed by atoms with Crippen molar-refractivity contribution in [2.45, 2.75) is 12.8 Å². The third kappa shape index (κ3) is 2.56. The van der Waals surface area contributed by atoms with E-state index in [2.05, 4.69) is 9.72 Å². The Morgan fingerprint density at radius 2 is 2.31 bits per heavy atom. The van der Waals surface area contributed by atoms with Crippen molar-refractivity contribution < 1.29 is 23.4 Å². The monoisotopic (exact) mass is 232 g/mol. The van der Waals surface area contributed by atoms with Gasteiger partial charge in [-0.2, -0.15) is 0 Å². The molecule has 0 aliphatic rings. The van der Waals surface area contributed by atoms with Crippen LogP contribution in [0.1, 0.15) is 17.7 Å². The molecule has 0 aromatic carbocycles. The molecule has 0 unspecified atom stereocenters. The van der Waals surface area contributed by atoms with Crippen molar-refractivity contribution in [2.75, 3.05) is 12.8 Å². The van der Waals surface area contributed by atoms with E-state index in [1.54, 1.807) is 0 Å². The minimum atomic E-state index is -2.96. The summed E-state index contributed by atoms with van der Waals surface area (Å²) in [6.45, 7) is 0. The highest BCUT2D eigenvalue weighted by Gasteiger charge is 2.20. The Morgan fingerprint density at radius 3 is 2.81 bits per heavy atom. The maximum atomic E-state index is 12.4. The molecule has 0 fully saturated rings. The number of nitrogens with zero attached hydrogens (tertiary/aromatic N) is 1. The Labute approximate surface area is 89.9 Å². The number of aromatic hydroxyl groups is 1. The summed E-state index contributed by atoms with van der Waals surface area (Å²) in [5.41, 5.74) is 4.41. The molecule has 88 valence electrons. The molecule has 1 aromatic heterocycles. The number of hydrogen-bond acceptors (Lipinski definition) is 5. The molecule has 7 heteroatoms. The predicted octanol–water partition coefficient (Wildman–Crippen LogP) is 1.02. The molecular formula is C9H10F2N2O3. The summed E-state index contributed by atoms with van der Waals surface area (Å²) < 4.78 is 29.2. The van der Waals surface area contributed by atoms with Crippen LogP contribution in [-0.2, 0) is 16.0 Å². The lowest BCUT2D eigenvalue weighted by molar-refractivity contribution is -0.139. The molecule has 1 rings (SSSR count). The molecule has 1 heterocycles. The average Bonchev–Trinajstić information content (AvgIpc) is 2.22. The zero-order chi connectivity index (χ0) is 12.3. The zero-order valence-electron chi connectivity index (χ0n) is 8.41. The van der Waals surface area contributed by atoms with E-state index in [1.807, 2.05) is 0 Å². The quantitative estimate of drug-likeness (QED) is 0.760. The summed E-state index contributed by atoms with van der Waals surface area (Å²) in [4.78, 5) is 14.2. The van der Waals surface area contributed by atoms with Gasteiger partial charge in [-0.15, -0.1) is 0 Å². The lowest BCUT2D eigenvalue weighted by atomic mass is 10.1. The van der Waals surface area contributed by atoms with Crippen LogP contribution in [0.4, 0.5) is 14.6 Å². The van der Waals surface area contributed by atoms with Crippen LogP contribution in [0, 0.1) is 0 Å². The van der Waals surface area contributed by atoms with Crippen LogP contribution in [0.3, 0.4) is 0 Å². The van der Waals surface area contributed by atoms with Crippen molar-refractivity contribution in [3.63, 3.8) is 0 Å². The predicted molar refractivity (Wildman–Crippen MR) is 51.0 cm³/mol. The number of nitrogens with two attached hydrogens (primary N) is 1. The summed E-state index contributed by atoms with van der Waals surface area (Å²) >= 11 is 0. The van der Waals surface area contributed by atoms with Crippen LogP contribution >= 0.6 is 0 Å². The Kier molecular flexibility index (Phi) is 3.60. The second-order valence-corrected chi connectivity index (χ2v) is 2.99. The number of halogens is 2. The molecule has 16 heavy (non-hydrogen) atoms. The summed E-state index contributed by atoms with van der Waals surface area (Å²) in [6.07, 6.45) is -3.30. The van der Waals surface area contributed by atoms with E-state index in [0.717, 1.165) is 13.2 Å². The largest absolute Gasteiger partial charge is 0.506 e. The molecule has 0 radical (unpaired) electrons. The maximum absolute atomic E-state index is 12.4. The highest BCUT2D eigenvalue weighted by atomic mass is 19.3. The summed E-state index contributed by atoms with van der Waals surface area (Å²) in [5, 5.41) is 9.42. The molecule has 0 saturated carbocycles. The van der Waals surface area contributed by atoms with Gasteiger partial charge in [-0.05, 0) is 6.07 Å². The number of alkyl halides is 2. The van der Waals surface area contributed by atoms with Crippen LogP contribution < -0.4 is 5.73 Å². The SMILES string of the molecule is COC(=O)Cc1cc(N)nc(C(F)F)c1O. The minimum absolute atomic E-state index is 0.0327. The molecule has 0 bridgehead atoms. The first-order chi connectivity index (χ1) is 7.45. The number of carbonyl (C=O) groups is 1. The van der Waals surface area contributed by atoms with E-state index in [1.165, 1.54) is 0 Å². The van der Waals surface area contributed by atoms with Gasteiger partial charge in [0.05, 0.1) is 13.5 Å². The number of ether oxygens (including phenoxy) is 1. The van der Waals surface area contributed by atoms with Gasteiger partial charge in [-0.25, -0.2) is 13.8 Å². The number of nitrogen functional groups attached to an aromatic ring is 1. The summed E-state index contributed by atoms with van der Waals surface area (Å²) in [7, 11) is 1.15. The van der Waals surface area contributed by atoms with Gasteiger partial charge in [0.15, 0.2) is 5.69 Å². The fraction of sp³-hybridized carbons (Fsp3) is 0.333. The lowest BCUT2D eigenvalue weighted by Gasteiger charge is -2.08. The Hall–Kier alpha value is -1.92. The van der Waals surface area contributed by atoms with E-state index < -0.39 is 23.8 Å². The summed E-state index contributed by atoms with van der Waals surface area (Å²) in [6, 6.07) is 1.15. The van der Waals surface area contributed by atoms with Gasteiger partial charge < -0.3 is 15.6 Å². The maximum Gasteiger partial charge on any atom is 0.310 e. The normalized spacial score (nSPS) is 10.5. The number of carbonyl (C=O) groups excluding carboxylic acids is 1. The topological polar surface area (TPSA) is 85.4 Å². The van der Waals surface area contributed by atoms with Gasteiger partial charge in [-0.3, -0.25) is 4.79 Å². The second-order valence-electron chi connectivity index (χ2n) is 2.99. The van der Waals surface area contributed by atoms with Crippen LogP contribution in [0.2, 0.25) is 0 Å². The fourth-order valence-electron chi connectivity index (χ4n) is 1.15. The van der Waals surface area contributed by atoms with Crippen LogP contribution in [-0.4, -0.2) is 23.2 Å². The highest BCUT2D eigenvalue weighted by molar-refractivity contribution is 5.74. The number of aromatic nitrogens is 1. The number of hydrogen-bond donors (Lipinski definition) is 2. The van der Waals surface area contributed by atoms with E-state index in [0.29, 0.717) is 0 Å². The highest BCUT2D eigenvalue weighted by Crippen LogP contribution is 2.31. The van der Waals surface area contributed by atoms with Crippen molar-refractivity contribution >= 4 is 11.8 Å².